The summed E-state index contributed by atoms with van der Waals surface area (Å²) in [6, 6.07) is 0.615. The number of hydrogen-bond acceptors (Lipinski definition) is 2. The molecule has 2 saturated heterocycles. The molecule has 0 aromatic heterocycles. The molecule has 0 bridgehead atoms. The highest BCUT2D eigenvalue weighted by Crippen LogP contribution is 2.15. The Bertz CT molecular complexity index is 263. The molecular formula is C13H25N3O. The van der Waals surface area contributed by atoms with Crippen LogP contribution in [-0.4, -0.2) is 66.5 Å². The van der Waals surface area contributed by atoms with Gasteiger partial charge in [0.25, 0.3) is 0 Å². The molecule has 2 heterocycles. The topological polar surface area (TPSA) is 26.8 Å². The quantitative estimate of drug-likeness (QED) is 0.642. The molecule has 0 radical (unpaired) electrons. The van der Waals surface area contributed by atoms with Crippen LogP contribution in [0.25, 0.3) is 0 Å². The Morgan fingerprint density at radius 2 is 1.71 bits per heavy atom. The molecule has 2 aliphatic heterocycles. The Labute approximate surface area is 105 Å². The Morgan fingerprint density at radius 3 is 2.41 bits per heavy atom. The van der Waals surface area contributed by atoms with Crippen molar-refractivity contribution in [2.75, 3.05) is 39.8 Å². The molecular weight excluding hydrogens is 214 g/mol. The van der Waals surface area contributed by atoms with Gasteiger partial charge in [-0.2, -0.15) is 0 Å². The van der Waals surface area contributed by atoms with E-state index in [1.807, 2.05) is 4.90 Å². The SMILES string of the molecule is CC1CN(C)CCCN1C(=O)N1CCCCC1. The molecule has 98 valence electrons. The lowest BCUT2D eigenvalue weighted by molar-refractivity contribution is 0.128. The van der Waals surface area contributed by atoms with Crippen LogP contribution in [0.5, 0.6) is 0 Å². The van der Waals surface area contributed by atoms with Crippen LogP contribution in [0.2, 0.25) is 0 Å². The normalized spacial score (nSPS) is 28.0. The van der Waals surface area contributed by atoms with Crippen LogP contribution < -0.4 is 0 Å². The third-order valence-electron chi connectivity index (χ3n) is 3.92. The van der Waals surface area contributed by atoms with Crippen LogP contribution in [-0.2, 0) is 0 Å². The molecule has 0 saturated carbocycles. The maximum Gasteiger partial charge on any atom is 0.320 e. The summed E-state index contributed by atoms with van der Waals surface area (Å²) in [5.74, 6) is 0. The Morgan fingerprint density at radius 1 is 1.00 bits per heavy atom. The van der Waals surface area contributed by atoms with E-state index in [-0.39, 0.29) is 6.03 Å². The highest BCUT2D eigenvalue weighted by Gasteiger charge is 2.28. The summed E-state index contributed by atoms with van der Waals surface area (Å²) < 4.78 is 0. The van der Waals surface area contributed by atoms with Gasteiger partial charge in [-0.1, -0.05) is 0 Å². The van der Waals surface area contributed by atoms with Crippen LogP contribution in [0.3, 0.4) is 0 Å². The number of hydrogen-bond donors (Lipinski definition) is 0. The minimum absolute atomic E-state index is 0.271. The minimum Gasteiger partial charge on any atom is -0.325 e. The van der Waals surface area contributed by atoms with E-state index >= 15 is 0 Å². The molecule has 4 nitrogen and oxygen atoms in total. The fraction of sp³-hybridized carbons (Fsp3) is 0.923. The predicted octanol–water partition coefficient (Wildman–Crippen LogP) is 1.62. The van der Waals surface area contributed by atoms with E-state index in [1.54, 1.807) is 0 Å². The molecule has 2 rings (SSSR count). The lowest BCUT2D eigenvalue weighted by Gasteiger charge is -2.35. The zero-order valence-corrected chi connectivity index (χ0v) is 11.2. The summed E-state index contributed by atoms with van der Waals surface area (Å²) in [5.41, 5.74) is 0. The zero-order valence-electron chi connectivity index (χ0n) is 11.2. The molecule has 0 N–H and O–H groups in total. The lowest BCUT2D eigenvalue weighted by Crippen LogP contribution is -2.50. The van der Waals surface area contributed by atoms with Gasteiger partial charge in [0.05, 0.1) is 0 Å². The monoisotopic (exact) mass is 239 g/mol. The Hall–Kier alpha value is -0.770. The lowest BCUT2D eigenvalue weighted by atomic mass is 10.1. The highest BCUT2D eigenvalue weighted by molar-refractivity contribution is 5.75. The van der Waals surface area contributed by atoms with E-state index in [4.69, 9.17) is 0 Å². The Kier molecular flexibility index (Phi) is 4.26. The van der Waals surface area contributed by atoms with Crippen molar-refractivity contribution in [3.63, 3.8) is 0 Å². The molecule has 17 heavy (non-hydrogen) atoms. The van der Waals surface area contributed by atoms with Gasteiger partial charge in [0.2, 0.25) is 0 Å². The van der Waals surface area contributed by atoms with Gasteiger partial charge < -0.3 is 14.7 Å². The number of urea groups is 1. The maximum absolute atomic E-state index is 12.5. The number of likely N-dealkylation sites (N-methyl/N-ethyl adjacent to an activating group) is 1. The largest absolute Gasteiger partial charge is 0.325 e. The van der Waals surface area contributed by atoms with Gasteiger partial charge in [-0.3, -0.25) is 0 Å². The van der Waals surface area contributed by atoms with Gasteiger partial charge in [0.15, 0.2) is 0 Å². The van der Waals surface area contributed by atoms with E-state index in [2.05, 4.69) is 23.8 Å². The first-order valence-corrected chi connectivity index (χ1v) is 6.92. The van der Waals surface area contributed by atoms with Crippen LogP contribution in [0.4, 0.5) is 4.79 Å². The smallest absolute Gasteiger partial charge is 0.320 e. The summed E-state index contributed by atoms with van der Waals surface area (Å²) in [5, 5.41) is 0. The van der Waals surface area contributed by atoms with Crippen molar-refractivity contribution in [2.24, 2.45) is 0 Å². The van der Waals surface area contributed by atoms with Gasteiger partial charge in [-0.15, -0.1) is 0 Å². The molecule has 2 amide bonds. The van der Waals surface area contributed by atoms with E-state index < -0.39 is 0 Å². The second-order valence-electron chi connectivity index (χ2n) is 5.49. The van der Waals surface area contributed by atoms with Crippen molar-refractivity contribution in [3.05, 3.63) is 0 Å². The molecule has 4 heteroatoms. The van der Waals surface area contributed by atoms with E-state index in [0.717, 1.165) is 39.1 Å². The highest BCUT2D eigenvalue weighted by atomic mass is 16.2. The van der Waals surface area contributed by atoms with Crippen molar-refractivity contribution in [1.82, 2.24) is 14.7 Å². The van der Waals surface area contributed by atoms with Crippen molar-refractivity contribution in [3.8, 4) is 0 Å². The summed E-state index contributed by atoms with van der Waals surface area (Å²) in [6.07, 6.45) is 4.73. The van der Waals surface area contributed by atoms with Gasteiger partial charge in [-0.05, 0) is 46.2 Å². The molecule has 1 unspecified atom stereocenters. The standard InChI is InChI=1S/C13H25N3O/c1-12-11-14(2)7-6-10-16(12)13(17)15-8-4-3-5-9-15/h12H,3-11H2,1-2H3. The van der Waals surface area contributed by atoms with Crippen LogP contribution in [0.1, 0.15) is 32.6 Å². The Balaban J connectivity index is 1.96. The number of nitrogens with zero attached hydrogens (tertiary/aromatic N) is 3. The summed E-state index contributed by atoms with van der Waals surface area (Å²) in [4.78, 5) is 18.9. The zero-order chi connectivity index (χ0) is 12.3. The molecule has 1 atom stereocenters. The number of carbonyl (C=O) groups is 1. The van der Waals surface area contributed by atoms with Crippen molar-refractivity contribution < 1.29 is 4.79 Å². The number of rotatable bonds is 0. The second kappa shape index (κ2) is 5.71. The minimum atomic E-state index is 0.271. The number of piperidine rings is 1. The van der Waals surface area contributed by atoms with Crippen molar-refractivity contribution in [2.45, 2.75) is 38.6 Å². The summed E-state index contributed by atoms with van der Waals surface area (Å²) in [7, 11) is 2.14. The van der Waals surface area contributed by atoms with Crippen LogP contribution >= 0.6 is 0 Å². The fourth-order valence-corrected chi connectivity index (χ4v) is 2.92. The van der Waals surface area contributed by atoms with Gasteiger partial charge in [-0.25, -0.2) is 4.79 Å². The average molecular weight is 239 g/mol. The first-order valence-electron chi connectivity index (χ1n) is 6.92. The van der Waals surface area contributed by atoms with Crippen LogP contribution in [0, 0.1) is 0 Å². The van der Waals surface area contributed by atoms with E-state index in [1.165, 1.54) is 19.3 Å². The number of amides is 2. The molecule has 0 aromatic carbocycles. The third-order valence-corrected chi connectivity index (χ3v) is 3.92. The summed E-state index contributed by atoms with van der Waals surface area (Å²) in [6.45, 7) is 7.11. The van der Waals surface area contributed by atoms with Crippen molar-refractivity contribution >= 4 is 6.03 Å². The van der Waals surface area contributed by atoms with Crippen LogP contribution in [0.15, 0.2) is 0 Å². The van der Waals surface area contributed by atoms with Gasteiger partial charge >= 0.3 is 6.03 Å². The van der Waals surface area contributed by atoms with Gasteiger partial charge in [0.1, 0.15) is 0 Å². The molecule has 0 aliphatic carbocycles. The molecule has 2 aliphatic rings. The molecule has 0 spiro atoms. The average Bonchev–Trinajstić information content (AvgIpc) is 2.50. The third kappa shape index (κ3) is 3.12. The van der Waals surface area contributed by atoms with Gasteiger partial charge in [0, 0.05) is 32.2 Å². The number of carbonyl (C=O) groups excluding carboxylic acids is 1. The fourth-order valence-electron chi connectivity index (χ4n) is 2.92. The second-order valence-corrected chi connectivity index (χ2v) is 5.49. The maximum atomic E-state index is 12.5. The first-order chi connectivity index (χ1) is 8.18. The predicted molar refractivity (Wildman–Crippen MR) is 69.1 cm³/mol. The number of likely N-dealkylation sites (tertiary alicyclic amines) is 1. The molecule has 2 fully saturated rings. The van der Waals surface area contributed by atoms with E-state index in [0.29, 0.717) is 6.04 Å². The summed E-state index contributed by atoms with van der Waals surface area (Å²) >= 11 is 0. The molecule has 0 aromatic rings. The first kappa shape index (κ1) is 12.7. The van der Waals surface area contributed by atoms with E-state index in [9.17, 15) is 4.79 Å². The van der Waals surface area contributed by atoms with Crippen molar-refractivity contribution in [1.29, 1.82) is 0 Å².